The molecule has 0 aromatic heterocycles. The van der Waals surface area contributed by atoms with Gasteiger partial charge in [0, 0.05) is 5.54 Å². The van der Waals surface area contributed by atoms with Gasteiger partial charge in [0.15, 0.2) is 0 Å². The summed E-state index contributed by atoms with van der Waals surface area (Å²) in [5.41, 5.74) is -0.0494. The zero-order valence-electron chi connectivity index (χ0n) is 8.60. The van der Waals surface area contributed by atoms with Gasteiger partial charge >= 0.3 is 5.97 Å². The fourth-order valence-corrected chi connectivity index (χ4v) is 0.976. The Morgan fingerprint density at radius 1 is 1.50 bits per heavy atom. The van der Waals surface area contributed by atoms with Crippen LogP contribution in [0.1, 0.15) is 34.6 Å². The summed E-state index contributed by atoms with van der Waals surface area (Å²) in [6.07, 6.45) is 0. The van der Waals surface area contributed by atoms with Crippen LogP contribution in [0.15, 0.2) is 0 Å². The van der Waals surface area contributed by atoms with Crippen LogP contribution in [0.5, 0.6) is 0 Å². The molecule has 0 bridgehead atoms. The number of carbonyl (C=O) groups excluding carboxylic acids is 1. The van der Waals surface area contributed by atoms with Gasteiger partial charge in [0.2, 0.25) is 0 Å². The van der Waals surface area contributed by atoms with Gasteiger partial charge in [0.25, 0.3) is 0 Å². The molecule has 1 N–H and O–H groups in total. The highest BCUT2D eigenvalue weighted by Crippen LogP contribution is 2.01. The molecule has 0 saturated carbocycles. The van der Waals surface area contributed by atoms with E-state index in [2.05, 4.69) is 5.32 Å². The van der Waals surface area contributed by atoms with Crippen molar-refractivity contribution in [2.45, 2.75) is 46.2 Å². The lowest BCUT2D eigenvalue weighted by atomic mass is 10.1. The third kappa shape index (κ3) is 5.13. The Labute approximate surface area is 74.5 Å². The predicted molar refractivity (Wildman–Crippen MR) is 49.0 cm³/mol. The predicted octanol–water partition coefficient (Wildman–Crippen LogP) is 1.33. The zero-order valence-corrected chi connectivity index (χ0v) is 8.60. The molecule has 0 aromatic rings. The molecule has 0 aliphatic rings. The minimum Gasteiger partial charge on any atom is -0.465 e. The van der Waals surface area contributed by atoms with Crippen molar-refractivity contribution in [1.29, 1.82) is 0 Å². The van der Waals surface area contributed by atoms with Gasteiger partial charge in [-0.1, -0.05) is 0 Å². The molecule has 3 nitrogen and oxygen atoms in total. The molecule has 0 aliphatic carbocycles. The highest BCUT2D eigenvalue weighted by Gasteiger charge is 2.19. The van der Waals surface area contributed by atoms with Crippen molar-refractivity contribution in [3.8, 4) is 0 Å². The Morgan fingerprint density at radius 2 is 2.00 bits per heavy atom. The van der Waals surface area contributed by atoms with Crippen molar-refractivity contribution in [3.63, 3.8) is 0 Å². The Morgan fingerprint density at radius 3 is 2.33 bits per heavy atom. The van der Waals surface area contributed by atoms with Crippen molar-refractivity contribution >= 4 is 5.97 Å². The first-order valence-electron chi connectivity index (χ1n) is 4.31. The third-order valence-electron chi connectivity index (χ3n) is 1.29. The zero-order chi connectivity index (χ0) is 9.78. The second-order valence-corrected chi connectivity index (χ2v) is 3.87. The maximum atomic E-state index is 11.1. The summed E-state index contributed by atoms with van der Waals surface area (Å²) in [6.45, 7) is 10.1. The summed E-state index contributed by atoms with van der Waals surface area (Å²) >= 11 is 0. The van der Waals surface area contributed by atoms with Gasteiger partial charge in [0.1, 0.15) is 6.04 Å². The molecular formula is C9H19NO2. The Balaban J connectivity index is 3.87. The molecule has 1 unspecified atom stereocenters. The Kier molecular flexibility index (Phi) is 4.24. The second kappa shape index (κ2) is 4.45. The first-order chi connectivity index (χ1) is 5.37. The van der Waals surface area contributed by atoms with Crippen LogP contribution in [0.3, 0.4) is 0 Å². The van der Waals surface area contributed by atoms with Crippen molar-refractivity contribution in [1.82, 2.24) is 5.32 Å². The van der Waals surface area contributed by atoms with Crippen LogP contribution in [0, 0.1) is 0 Å². The first kappa shape index (κ1) is 11.4. The lowest BCUT2D eigenvalue weighted by molar-refractivity contribution is -0.145. The SMILES string of the molecule is CCOC(=O)C(C)NC(C)(C)C. The molecule has 72 valence electrons. The normalized spacial score (nSPS) is 14.1. The van der Waals surface area contributed by atoms with Crippen molar-refractivity contribution in [2.75, 3.05) is 6.61 Å². The molecule has 3 heteroatoms. The molecule has 0 amide bonds. The van der Waals surface area contributed by atoms with E-state index in [0.717, 1.165) is 0 Å². The highest BCUT2D eigenvalue weighted by atomic mass is 16.5. The molecule has 0 aliphatic heterocycles. The van der Waals surface area contributed by atoms with Gasteiger partial charge in [-0.3, -0.25) is 10.1 Å². The Bertz CT molecular complexity index is 149. The van der Waals surface area contributed by atoms with Crippen LogP contribution in [-0.4, -0.2) is 24.2 Å². The van der Waals surface area contributed by atoms with E-state index in [-0.39, 0.29) is 17.6 Å². The van der Waals surface area contributed by atoms with Crippen molar-refractivity contribution in [3.05, 3.63) is 0 Å². The highest BCUT2D eigenvalue weighted by molar-refractivity contribution is 5.75. The second-order valence-electron chi connectivity index (χ2n) is 3.87. The summed E-state index contributed by atoms with van der Waals surface area (Å²) in [7, 11) is 0. The van der Waals surface area contributed by atoms with Crippen LogP contribution in [0.25, 0.3) is 0 Å². The van der Waals surface area contributed by atoms with E-state index >= 15 is 0 Å². The maximum absolute atomic E-state index is 11.1. The molecular weight excluding hydrogens is 154 g/mol. The minimum atomic E-state index is -0.232. The molecule has 0 aromatic carbocycles. The van der Waals surface area contributed by atoms with E-state index in [1.807, 2.05) is 34.6 Å². The number of hydrogen-bond acceptors (Lipinski definition) is 3. The number of ether oxygens (including phenoxy) is 1. The largest absolute Gasteiger partial charge is 0.465 e. The van der Waals surface area contributed by atoms with Gasteiger partial charge in [-0.05, 0) is 34.6 Å². The van der Waals surface area contributed by atoms with E-state index in [1.165, 1.54) is 0 Å². The molecule has 0 spiro atoms. The quantitative estimate of drug-likeness (QED) is 0.654. The van der Waals surface area contributed by atoms with Gasteiger partial charge in [-0.2, -0.15) is 0 Å². The maximum Gasteiger partial charge on any atom is 0.322 e. The lowest BCUT2D eigenvalue weighted by Crippen LogP contribution is -2.46. The van der Waals surface area contributed by atoms with E-state index in [9.17, 15) is 4.79 Å². The van der Waals surface area contributed by atoms with E-state index in [0.29, 0.717) is 6.61 Å². The lowest BCUT2D eigenvalue weighted by Gasteiger charge is -2.24. The summed E-state index contributed by atoms with van der Waals surface area (Å²) in [4.78, 5) is 11.1. The fraction of sp³-hybridized carbons (Fsp3) is 0.889. The van der Waals surface area contributed by atoms with E-state index < -0.39 is 0 Å². The molecule has 0 fully saturated rings. The van der Waals surface area contributed by atoms with Crippen molar-refractivity contribution in [2.24, 2.45) is 0 Å². The van der Waals surface area contributed by atoms with Gasteiger partial charge in [-0.25, -0.2) is 0 Å². The monoisotopic (exact) mass is 173 g/mol. The van der Waals surface area contributed by atoms with E-state index in [4.69, 9.17) is 4.74 Å². The number of carbonyl (C=O) groups is 1. The number of nitrogens with one attached hydrogen (secondary N) is 1. The molecule has 0 saturated heterocycles. The number of esters is 1. The fourth-order valence-electron chi connectivity index (χ4n) is 0.976. The standard InChI is InChI=1S/C9H19NO2/c1-6-12-8(11)7(2)10-9(3,4)5/h7,10H,6H2,1-5H3. The van der Waals surface area contributed by atoms with Gasteiger partial charge in [0.05, 0.1) is 6.61 Å². The van der Waals surface area contributed by atoms with Gasteiger partial charge < -0.3 is 4.74 Å². The number of rotatable bonds is 3. The van der Waals surface area contributed by atoms with E-state index in [1.54, 1.807) is 0 Å². The average Bonchev–Trinajstić information content (AvgIpc) is 1.84. The summed E-state index contributed by atoms with van der Waals surface area (Å²) in [6, 6.07) is -0.232. The molecule has 1 atom stereocenters. The molecule has 12 heavy (non-hydrogen) atoms. The summed E-state index contributed by atoms with van der Waals surface area (Å²) in [5, 5.41) is 3.13. The van der Waals surface area contributed by atoms with Crippen LogP contribution in [-0.2, 0) is 9.53 Å². The van der Waals surface area contributed by atoms with Gasteiger partial charge in [-0.15, -0.1) is 0 Å². The molecule has 0 heterocycles. The van der Waals surface area contributed by atoms with Crippen LogP contribution in [0.4, 0.5) is 0 Å². The van der Waals surface area contributed by atoms with Crippen LogP contribution >= 0.6 is 0 Å². The smallest absolute Gasteiger partial charge is 0.322 e. The van der Waals surface area contributed by atoms with Crippen molar-refractivity contribution < 1.29 is 9.53 Å². The number of hydrogen-bond donors (Lipinski definition) is 1. The molecule has 0 rings (SSSR count). The Hall–Kier alpha value is -0.570. The summed E-state index contributed by atoms with van der Waals surface area (Å²) < 4.78 is 4.85. The summed E-state index contributed by atoms with van der Waals surface area (Å²) in [5.74, 6) is -0.188. The first-order valence-corrected chi connectivity index (χ1v) is 4.31. The molecule has 0 radical (unpaired) electrons. The average molecular weight is 173 g/mol. The van der Waals surface area contributed by atoms with Crippen LogP contribution < -0.4 is 5.32 Å². The third-order valence-corrected chi connectivity index (χ3v) is 1.29. The minimum absolute atomic E-state index is 0.0494. The topological polar surface area (TPSA) is 38.3 Å². The van der Waals surface area contributed by atoms with Crippen LogP contribution in [0.2, 0.25) is 0 Å².